The van der Waals surface area contributed by atoms with Crippen molar-refractivity contribution < 1.29 is 4.79 Å². The Morgan fingerprint density at radius 3 is 2.56 bits per heavy atom. The van der Waals surface area contributed by atoms with E-state index in [1.54, 1.807) is 0 Å². The van der Waals surface area contributed by atoms with E-state index in [0.717, 1.165) is 5.92 Å². The normalized spacial score (nSPS) is 34.3. The van der Waals surface area contributed by atoms with Crippen molar-refractivity contribution in [1.82, 2.24) is 5.32 Å². The number of primary amides is 1. The summed E-state index contributed by atoms with van der Waals surface area (Å²) in [6, 6.07) is 0.349. The van der Waals surface area contributed by atoms with Gasteiger partial charge in [-0.1, -0.05) is 12.2 Å². The Morgan fingerprint density at radius 2 is 2.12 bits per heavy atom. The molecular formula is C13H22N2O. The first-order valence-corrected chi connectivity index (χ1v) is 6.16. The van der Waals surface area contributed by atoms with Crippen molar-refractivity contribution in [2.24, 2.45) is 23.5 Å². The molecule has 4 atom stereocenters. The number of nitrogens with one attached hydrogen (secondary N) is 1. The molecule has 3 heteroatoms. The predicted molar refractivity (Wildman–Crippen MR) is 64.7 cm³/mol. The molecule has 2 aliphatic carbocycles. The summed E-state index contributed by atoms with van der Waals surface area (Å²) in [5.41, 5.74) is 4.77. The smallest absolute Gasteiger partial charge is 0.237 e. The van der Waals surface area contributed by atoms with Crippen LogP contribution in [0.15, 0.2) is 12.2 Å². The van der Waals surface area contributed by atoms with Gasteiger partial charge < -0.3 is 11.1 Å². The highest BCUT2D eigenvalue weighted by Crippen LogP contribution is 2.45. The zero-order valence-electron chi connectivity index (χ0n) is 10.4. The fourth-order valence-electron chi connectivity index (χ4n) is 3.15. The molecule has 3 nitrogen and oxygen atoms in total. The summed E-state index contributed by atoms with van der Waals surface area (Å²) >= 11 is 0. The van der Waals surface area contributed by atoms with Crippen molar-refractivity contribution in [3.63, 3.8) is 0 Å². The Kier molecular flexibility index (Phi) is 2.82. The summed E-state index contributed by atoms with van der Waals surface area (Å²) < 4.78 is 0. The molecule has 0 heterocycles. The quantitative estimate of drug-likeness (QED) is 0.707. The van der Waals surface area contributed by atoms with Crippen LogP contribution in [0.1, 0.15) is 33.6 Å². The van der Waals surface area contributed by atoms with Gasteiger partial charge in [-0.05, 0) is 51.4 Å². The van der Waals surface area contributed by atoms with E-state index in [1.807, 2.05) is 13.8 Å². The van der Waals surface area contributed by atoms with Gasteiger partial charge in [-0.3, -0.25) is 4.79 Å². The fourth-order valence-corrected chi connectivity index (χ4v) is 3.15. The summed E-state index contributed by atoms with van der Waals surface area (Å²) in [6.45, 7) is 5.88. The van der Waals surface area contributed by atoms with Gasteiger partial charge in [-0.25, -0.2) is 0 Å². The highest BCUT2D eigenvalue weighted by molar-refractivity contribution is 5.83. The first-order chi connectivity index (χ1) is 7.40. The van der Waals surface area contributed by atoms with Gasteiger partial charge in [0.1, 0.15) is 0 Å². The second kappa shape index (κ2) is 3.88. The lowest BCUT2D eigenvalue weighted by Crippen LogP contribution is -2.55. The van der Waals surface area contributed by atoms with Gasteiger partial charge >= 0.3 is 0 Å². The number of nitrogens with two attached hydrogens (primary N) is 1. The average molecular weight is 222 g/mol. The van der Waals surface area contributed by atoms with Crippen molar-refractivity contribution in [3.05, 3.63) is 12.2 Å². The molecule has 16 heavy (non-hydrogen) atoms. The molecule has 1 amide bonds. The molecule has 2 aliphatic rings. The van der Waals surface area contributed by atoms with Crippen LogP contribution in [0.4, 0.5) is 0 Å². The number of hydrogen-bond acceptors (Lipinski definition) is 2. The van der Waals surface area contributed by atoms with E-state index in [0.29, 0.717) is 17.9 Å². The summed E-state index contributed by atoms with van der Waals surface area (Å²) in [7, 11) is 0. The number of rotatable bonds is 4. The number of amides is 1. The van der Waals surface area contributed by atoms with Crippen LogP contribution in [0.5, 0.6) is 0 Å². The van der Waals surface area contributed by atoms with Crippen LogP contribution in [0.25, 0.3) is 0 Å². The lowest BCUT2D eigenvalue weighted by molar-refractivity contribution is -0.123. The zero-order valence-corrected chi connectivity index (χ0v) is 10.4. The van der Waals surface area contributed by atoms with Crippen LogP contribution in [0.2, 0.25) is 0 Å². The number of fused-ring (bicyclic) bond motifs is 2. The highest BCUT2D eigenvalue weighted by atomic mass is 16.1. The van der Waals surface area contributed by atoms with Crippen molar-refractivity contribution >= 4 is 5.91 Å². The lowest BCUT2D eigenvalue weighted by atomic mass is 9.86. The summed E-state index contributed by atoms with van der Waals surface area (Å²) in [6.07, 6.45) is 7.24. The Labute approximate surface area is 97.5 Å². The van der Waals surface area contributed by atoms with Crippen LogP contribution < -0.4 is 11.1 Å². The molecule has 90 valence electrons. The Balaban J connectivity index is 1.96. The molecule has 0 saturated heterocycles. The van der Waals surface area contributed by atoms with Crippen LogP contribution >= 0.6 is 0 Å². The first-order valence-electron chi connectivity index (χ1n) is 6.16. The Hall–Kier alpha value is -0.830. The molecule has 0 aliphatic heterocycles. The molecular weight excluding hydrogens is 200 g/mol. The molecule has 2 bridgehead atoms. The Bertz CT molecular complexity index is 322. The van der Waals surface area contributed by atoms with E-state index >= 15 is 0 Å². The minimum absolute atomic E-state index is 0.280. The largest absolute Gasteiger partial charge is 0.368 e. The Morgan fingerprint density at radius 1 is 1.44 bits per heavy atom. The molecule has 0 aromatic heterocycles. The molecule has 0 radical (unpaired) electrons. The molecule has 1 fully saturated rings. The molecule has 3 N–H and O–H groups in total. The second-order valence-corrected chi connectivity index (χ2v) is 5.87. The van der Waals surface area contributed by atoms with Crippen LogP contribution in [0.3, 0.4) is 0 Å². The van der Waals surface area contributed by atoms with E-state index in [4.69, 9.17) is 5.73 Å². The zero-order chi connectivity index (χ0) is 11.9. The molecule has 4 unspecified atom stereocenters. The van der Waals surface area contributed by atoms with Gasteiger partial charge in [0.25, 0.3) is 0 Å². The average Bonchev–Trinajstić information content (AvgIpc) is 2.77. The molecule has 0 spiro atoms. The standard InChI is InChI=1S/C13H22N2O/c1-8(15-13(2,3)12(14)16)11-7-9-4-5-10(11)6-9/h4-5,8-11,15H,6-7H2,1-3H3,(H2,14,16). The van der Waals surface area contributed by atoms with Gasteiger partial charge in [0.05, 0.1) is 5.54 Å². The van der Waals surface area contributed by atoms with Crippen LogP contribution in [-0.4, -0.2) is 17.5 Å². The van der Waals surface area contributed by atoms with E-state index in [1.165, 1.54) is 12.8 Å². The third-order valence-corrected chi connectivity index (χ3v) is 4.18. The summed E-state index contributed by atoms with van der Waals surface area (Å²) in [5.74, 6) is 1.86. The SMILES string of the molecule is CC(NC(C)(C)C(N)=O)C1CC2C=CC1C2. The number of carbonyl (C=O) groups excluding carboxylic acids is 1. The number of allylic oxidation sites excluding steroid dienone is 2. The maximum absolute atomic E-state index is 11.3. The maximum atomic E-state index is 11.3. The van der Waals surface area contributed by atoms with Gasteiger partial charge in [0.15, 0.2) is 0 Å². The second-order valence-electron chi connectivity index (χ2n) is 5.87. The van der Waals surface area contributed by atoms with Crippen molar-refractivity contribution in [2.45, 2.75) is 45.2 Å². The summed E-state index contributed by atoms with van der Waals surface area (Å²) in [5, 5.41) is 3.37. The van der Waals surface area contributed by atoms with Gasteiger partial charge in [0, 0.05) is 6.04 Å². The van der Waals surface area contributed by atoms with Crippen molar-refractivity contribution in [3.8, 4) is 0 Å². The third kappa shape index (κ3) is 2.01. The van der Waals surface area contributed by atoms with E-state index in [-0.39, 0.29) is 5.91 Å². The van der Waals surface area contributed by atoms with E-state index in [9.17, 15) is 4.79 Å². The van der Waals surface area contributed by atoms with E-state index in [2.05, 4.69) is 24.4 Å². The topological polar surface area (TPSA) is 55.1 Å². The number of hydrogen-bond donors (Lipinski definition) is 2. The monoisotopic (exact) mass is 222 g/mol. The van der Waals surface area contributed by atoms with Crippen molar-refractivity contribution in [2.75, 3.05) is 0 Å². The molecule has 0 aromatic rings. The molecule has 0 aromatic carbocycles. The minimum Gasteiger partial charge on any atom is -0.368 e. The predicted octanol–water partition coefficient (Wildman–Crippen LogP) is 1.44. The molecule has 2 rings (SSSR count). The minimum atomic E-state index is -0.606. The number of carbonyl (C=O) groups is 1. The molecule has 1 saturated carbocycles. The lowest BCUT2D eigenvalue weighted by Gasteiger charge is -2.33. The van der Waals surface area contributed by atoms with Crippen molar-refractivity contribution in [1.29, 1.82) is 0 Å². The van der Waals surface area contributed by atoms with Gasteiger partial charge in [-0.2, -0.15) is 0 Å². The van der Waals surface area contributed by atoms with Crippen LogP contribution in [-0.2, 0) is 4.79 Å². The fraction of sp³-hybridized carbons (Fsp3) is 0.769. The van der Waals surface area contributed by atoms with Crippen LogP contribution in [0, 0.1) is 17.8 Å². The third-order valence-electron chi connectivity index (χ3n) is 4.18. The summed E-state index contributed by atoms with van der Waals surface area (Å²) in [4.78, 5) is 11.3. The maximum Gasteiger partial charge on any atom is 0.237 e. The first kappa shape index (κ1) is 11.6. The van der Waals surface area contributed by atoms with Gasteiger partial charge in [-0.15, -0.1) is 0 Å². The highest BCUT2D eigenvalue weighted by Gasteiger charge is 2.40. The van der Waals surface area contributed by atoms with Gasteiger partial charge in [0.2, 0.25) is 5.91 Å². The van der Waals surface area contributed by atoms with E-state index < -0.39 is 5.54 Å².